The second-order valence-corrected chi connectivity index (χ2v) is 31.6. The molecule has 0 aromatic carbocycles. The highest BCUT2D eigenvalue weighted by molar-refractivity contribution is 7.76. The Morgan fingerprint density at radius 1 is 0.147 bits per heavy atom. The van der Waals surface area contributed by atoms with Crippen LogP contribution in [0.4, 0.5) is 0 Å². The fourth-order valence-corrected chi connectivity index (χ4v) is 21.0. The minimum Gasteiger partial charge on any atom is -1.00 e. The van der Waals surface area contributed by atoms with Crippen molar-refractivity contribution in [3.8, 4) is 0 Å². The van der Waals surface area contributed by atoms with Gasteiger partial charge in [-0.1, -0.05) is 261 Å². The fourth-order valence-electron chi connectivity index (χ4n) is 11.2. The van der Waals surface area contributed by atoms with E-state index in [4.69, 9.17) is 0 Å². The standard InChI is InChI=1S/2C32H68P.BrH.ClH/c2*1-5-9-13-17-18-19-20-21-22-23-24-28-32-33(29-25-14-10-6-2,30-26-15-11-7-3)31-27-16-12-8-4;;/h2*5-32H2,1-4H3;2*1H/q2*+1;;/p-2. The molecule has 0 aromatic rings. The van der Waals surface area contributed by atoms with Gasteiger partial charge >= 0.3 is 0 Å². The molecule has 0 fully saturated rings. The highest BCUT2D eigenvalue weighted by Crippen LogP contribution is 2.62. The van der Waals surface area contributed by atoms with E-state index in [2.05, 4.69) is 55.4 Å². The minimum atomic E-state index is -0.697. The SMILES string of the molecule is CCCCCCCCCCCCCC[P+](CCCCCC)(CCCCCC)CCCCCC.CCCCCCCCCCCCCC[P+](CCCCCC)(CCCCCC)CCCCCC.[Br-].[Cl-]. The van der Waals surface area contributed by atoms with Gasteiger partial charge in [0.05, 0.1) is 49.3 Å². The molecule has 0 spiro atoms. The second kappa shape index (κ2) is 64.7. The molecule has 416 valence electrons. The first kappa shape index (κ1) is 76.1. The maximum atomic E-state index is 2.37. The Morgan fingerprint density at radius 3 is 0.353 bits per heavy atom. The van der Waals surface area contributed by atoms with Crippen molar-refractivity contribution in [2.24, 2.45) is 0 Å². The van der Waals surface area contributed by atoms with E-state index in [1.807, 2.05) is 0 Å². The summed E-state index contributed by atoms with van der Waals surface area (Å²) in [6, 6.07) is 0. The van der Waals surface area contributed by atoms with E-state index in [1.54, 1.807) is 101 Å². The smallest absolute Gasteiger partial charge is 0.0594 e. The van der Waals surface area contributed by atoms with E-state index in [-0.39, 0.29) is 29.4 Å². The molecule has 0 nitrogen and oxygen atoms in total. The van der Waals surface area contributed by atoms with E-state index < -0.39 is 14.5 Å². The van der Waals surface area contributed by atoms with Crippen molar-refractivity contribution in [2.75, 3.05) is 49.3 Å². The molecule has 0 heterocycles. The summed E-state index contributed by atoms with van der Waals surface area (Å²) in [6.45, 7) is 18.8. The maximum Gasteiger partial charge on any atom is 0.0594 e. The van der Waals surface area contributed by atoms with Crippen molar-refractivity contribution in [1.29, 1.82) is 0 Å². The molecule has 0 radical (unpaired) electrons. The van der Waals surface area contributed by atoms with Crippen molar-refractivity contribution in [3.63, 3.8) is 0 Å². The lowest BCUT2D eigenvalue weighted by Gasteiger charge is -2.28. The highest BCUT2D eigenvalue weighted by Gasteiger charge is 2.36. The minimum absolute atomic E-state index is 0. The van der Waals surface area contributed by atoms with E-state index in [1.165, 1.54) is 257 Å². The van der Waals surface area contributed by atoms with Crippen LogP contribution in [0.3, 0.4) is 0 Å². The van der Waals surface area contributed by atoms with Crippen molar-refractivity contribution < 1.29 is 29.4 Å². The fraction of sp³-hybridized carbons (Fsp3) is 1.00. The lowest BCUT2D eigenvalue weighted by molar-refractivity contribution is -0.00100. The van der Waals surface area contributed by atoms with Crippen LogP contribution in [0.1, 0.15) is 364 Å². The zero-order valence-electron chi connectivity index (χ0n) is 49.2. The Bertz CT molecular complexity index is 721. The summed E-state index contributed by atoms with van der Waals surface area (Å²) in [5.74, 6) is 0. The van der Waals surface area contributed by atoms with Gasteiger partial charge in [0, 0.05) is 14.5 Å². The third kappa shape index (κ3) is 55.4. The van der Waals surface area contributed by atoms with Crippen LogP contribution in [0.15, 0.2) is 0 Å². The highest BCUT2D eigenvalue weighted by atomic mass is 79.9. The van der Waals surface area contributed by atoms with Crippen molar-refractivity contribution in [3.05, 3.63) is 0 Å². The zero-order chi connectivity index (χ0) is 48.6. The molecule has 0 bridgehead atoms. The molecular formula is C64H136BrClP2. The zero-order valence-corrected chi connectivity index (χ0v) is 53.4. The van der Waals surface area contributed by atoms with Gasteiger partial charge in [-0.25, -0.2) is 0 Å². The normalized spacial score (nSPS) is 11.6. The molecule has 0 saturated heterocycles. The van der Waals surface area contributed by atoms with Crippen LogP contribution in [0, 0.1) is 0 Å². The largest absolute Gasteiger partial charge is 1.00 e. The molecule has 4 heteroatoms. The van der Waals surface area contributed by atoms with Crippen molar-refractivity contribution in [1.82, 2.24) is 0 Å². The monoisotopic (exact) mass is 1080 g/mol. The Morgan fingerprint density at radius 2 is 0.235 bits per heavy atom. The molecule has 0 unspecified atom stereocenters. The summed E-state index contributed by atoms with van der Waals surface area (Å²) < 4.78 is 0. The molecule has 0 amide bonds. The van der Waals surface area contributed by atoms with Crippen molar-refractivity contribution >= 4 is 14.5 Å². The molecule has 0 rings (SSSR count). The molecule has 68 heavy (non-hydrogen) atoms. The molecule has 0 aliphatic rings. The summed E-state index contributed by atoms with van der Waals surface area (Å²) in [5, 5.41) is 0. The van der Waals surface area contributed by atoms with Gasteiger partial charge in [0.15, 0.2) is 0 Å². The first-order chi connectivity index (χ1) is 32.5. The summed E-state index contributed by atoms with van der Waals surface area (Å²) in [4.78, 5) is 0. The first-order valence-electron chi connectivity index (χ1n) is 32.2. The third-order valence-corrected chi connectivity index (χ3v) is 26.0. The first-order valence-corrected chi connectivity index (χ1v) is 37.2. The van der Waals surface area contributed by atoms with Gasteiger partial charge in [0.25, 0.3) is 0 Å². The number of unbranched alkanes of at least 4 members (excludes halogenated alkanes) is 40. The van der Waals surface area contributed by atoms with E-state index >= 15 is 0 Å². The maximum absolute atomic E-state index is 2.37. The van der Waals surface area contributed by atoms with Crippen LogP contribution in [0.2, 0.25) is 0 Å². The molecule has 0 saturated carbocycles. The van der Waals surface area contributed by atoms with Gasteiger partial charge in [-0.15, -0.1) is 0 Å². The molecule has 0 aliphatic carbocycles. The van der Waals surface area contributed by atoms with E-state index in [0.717, 1.165) is 0 Å². The van der Waals surface area contributed by atoms with Crippen LogP contribution in [-0.2, 0) is 0 Å². The van der Waals surface area contributed by atoms with E-state index in [9.17, 15) is 0 Å². The van der Waals surface area contributed by atoms with Crippen LogP contribution < -0.4 is 29.4 Å². The number of halogens is 2. The summed E-state index contributed by atoms with van der Waals surface area (Å²) in [5.41, 5.74) is 0. The summed E-state index contributed by atoms with van der Waals surface area (Å²) in [6.07, 6.45) is 84.2. The predicted octanol–water partition coefficient (Wildman–Crippen LogP) is 18.9. The van der Waals surface area contributed by atoms with Gasteiger partial charge in [-0.05, 0) is 103 Å². The van der Waals surface area contributed by atoms with Crippen molar-refractivity contribution in [2.45, 2.75) is 364 Å². The second-order valence-electron chi connectivity index (χ2n) is 22.6. The number of hydrogen-bond donors (Lipinski definition) is 0. The Labute approximate surface area is 454 Å². The van der Waals surface area contributed by atoms with Gasteiger partial charge in [-0.2, -0.15) is 0 Å². The third-order valence-electron chi connectivity index (χ3n) is 15.9. The Balaban J connectivity index is -0.000000585. The summed E-state index contributed by atoms with van der Waals surface area (Å²) in [7, 11) is -1.39. The van der Waals surface area contributed by atoms with Gasteiger partial charge in [0.2, 0.25) is 0 Å². The topological polar surface area (TPSA) is 0 Å². The quantitative estimate of drug-likeness (QED) is 0.0421. The number of hydrogen-bond acceptors (Lipinski definition) is 0. The van der Waals surface area contributed by atoms with Gasteiger partial charge in [0.1, 0.15) is 0 Å². The molecule has 0 aliphatic heterocycles. The number of rotatable bonds is 56. The lowest BCUT2D eigenvalue weighted by Crippen LogP contribution is -3.00. The van der Waals surface area contributed by atoms with Crippen LogP contribution in [-0.4, -0.2) is 49.3 Å². The lowest BCUT2D eigenvalue weighted by atomic mass is 10.1. The van der Waals surface area contributed by atoms with Gasteiger partial charge < -0.3 is 29.4 Å². The van der Waals surface area contributed by atoms with Crippen LogP contribution in [0.25, 0.3) is 0 Å². The van der Waals surface area contributed by atoms with Crippen LogP contribution >= 0.6 is 14.5 Å². The Hall–Kier alpha value is 1.63. The van der Waals surface area contributed by atoms with E-state index in [0.29, 0.717) is 0 Å². The molecular weight excluding hydrogens is 946 g/mol. The Kier molecular flexibility index (Phi) is 72.5. The predicted molar refractivity (Wildman–Crippen MR) is 320 cm³/mol. The molecule has 0 atom stereocenters. The average Bonchev–Trinajstić information content (AvgIpc) is 3.33. The average molecular weight is 1080 g/mol. The molecule has 0 aromatic heterocycles. The molecule has 0 N–H and O–H groups in total. The summed E-state index contributed by atoms with van der Waals surface area (Å²) >= 11 is 0. The van der Waals surface area contributed by atoms with Crippen LogP contribution in [0.5, 0.6) is 0 Å². The van der Waals surface area contributed by atoms with Gasteiger partial charge in [-0.3, -0.25) is 0 Å².